The van der Waals surface area contributed by atoms with Gasteiger partial charge in [-0.15, -0.1) is 0 Å². The number of halogens is 9. The van der Waals surface area contributed by atoms with Crippen molar-refractivity contribution in [2.24, 2.45) is 0 Å². The highest BCUT2D eigenvalue weighted by atomic mass is 79.9. The Morgan fingerprint density at radius 3 is 1.06 bits per heavy atom. The number of carbonyl (C=O) groups is 5. The number of hydrogen-bond donors (Lipinski definition) is 4. The largest absolute Gasteiger partial charge is 0.534 e. The van der Waals surface area contributed by atoms with Crippen molar-refractivity contribution in [2.45, 2.75) is 181 Å². The monoisotopic (exact) mass is 1950 g/mol. The minimum absolute atomic E-state index is 0.0185. The maximum atomic E-state index is 12.6. The maximum absolute atomic E-state index is 12.6. The van der Waals surface area contributed by atoms with Crippen molar-refractivity contribution in [1.29, 1.82) is 0 Å². The first-order chi connectivity index (χ1) is 59.7. The zero-order valence-electron chi connectivity index (χ0n) is 72.8. The summed E-state index contributed by atoms with van der Waals surface area (Å²) in [7, 11) is -6.27. The van der Waals surface area contributed by atoms with E-state index in [1.54, 1.807) is 12.1 Å². The Morgan fingerprint density at radius 2 is 0.717 bits per heavy atom. The van der Waals surface area contributed by atoms with Crippen LogP contribution in [0.5, 0.6) is 51.7 Å². The second-order valence-corrected chi connectivity index (χ2v) is 35.7. The van der Waals surface area contributed by atoms with Gasteiger partial charge in [-0.3, -0.25) is 24.0 Å². The predicted molar refractivity (Wildman–Crippen MR) is 488 cm³/mol. The summed E-state index contributed by atoms with van der Waals surface area (Å²) in [6.07, 6.45) is 6.63. The van der Waals surface area contributed by atoms with E-state index in [4.69, 9.17) is 129 Å². The molecule has 0 saturated carbocycles. The van der Waals surface area contributed by atoms with Gasteiger partial charge < -0.3 is 85.7 Å². The van der Waals surface area contributed by atoms with Gasteiger partial charge in [0.15, 0.2) is 71.1 Å². The number of hydrogen-bond acceptors (Lipinski definition) is 25. The zero-order valence-corrected chi connectivity index (χ0v) is 79.0. The van der Waals surface area contributed by atoms with Crippen LogP contribution in [0.2, 0.25) is 25.1 Å². The third-order valence-corrected chi connectivity index (χ3v) is 22.5. The van der Waals surface area contributed by atoms with Crippen molar-refractivity contribution >= 4 is 142 Å². The van der Waals surface area contributed by atoms with Gasteiger partial charge in [-0.1, -0.05) is 178 Å². The number of carbonyl (C=O) groups excluding carboxylic acids is 5. The number of benzene rings is 8. The van der Waals surface area contributed by atoms with Gasteiger partial charge in [0.1, 0.15) is 12.0 Å². The van der Waals surface area contributed by atoms with E-state index < -0.39 is 70.8 Å². The fraction of sp³-hybridized carbons (Fsp3) is 0.404. The molecule has 38 heteroatoms. The molecule has 11 rings (SSSR count). The lowest BCUT2D eigenvalue weighted by Crippen LogP contribution is -2.41. The summed E-state index contributed by atoms with van der Waals surface area (Å²) in [6.45, 7) is 29.8. The highest BCUT2D eigenvalue weighted by Crippen LogP contribution is 2.45. The van der Waals surface area contributed by atoms with Crippen molar-refractivity contribution in [3.8, 4) is 51.7 Å². The molecule has 0 aliphatic carbocycles. The number of unbranched alkanes of at least 4 members (excludes halogenated alkanes) is 1. The zero-order chi connectivity index (χ0) is 94.7. The molecule has 3 aliphatic heterocycles. The molecule has 3 fully saturated rings. The summed E-state index contributed by atoms with van der Waals surface area (Å²) >= 11 is 32.3. The molecule has 0 atom stereocenters. The second-order valence-electron chi connectivity index (χ2n) is 31.2. The molecule has 0 amide bonds. The molecule has 25 nitrogen and oxygen atoms in total. The Bertz CT molecular complexity index is 4870. The lowest BCUT2D eigenvalue weighted by molar-refractivity contribution is -0.0501. The molecular formula is C89H106B3BrCl5F3O25S. The van der Waals surface area contributed by atoms with E-state index in [2.05, 4.69) is 27.0 Å². The molecule has 0 spiro atoms. The molecule has 4 N–H and O–H groups in total. The predicted octanol–water partition coefficient (Wildman–Crippen LogP) is 20.5. The van der Waals surface area contributed by atoms with Crippen LogP contribution in [0.25, 0.3) is 0 Å². The average molecular weight is 1950 g/mol. The molecule has 8 aromatic rings. The molecule has 0 bridgehead atoms. The first-order valence-corrected chi connectivity index (χ1v) is 44.2. The van der Waals surface area contributed by atoms with Crippen molar-refractivity contribution in [3.05, 3.63) is 221 Å². The van der Waals surface area contributed by atoms with Gasteiger partial charge in [0, 0.05) is 85.0 Å². The van der Waals surface area contributed by atoms with E-state index >= 15 is 0 Å². The SMILES string of the molecule is CC1(C)OB(B2OC(C)(C)C(C)(C)O2)OC1(C)C.CC1(C)OB(c2c(C=O)cc(Cl)cc2OCCCOCc2ccccc2)OC1(C)C.CCCCBr.COc1cc(Cl)cc(C=O)c1O.O=Cc1cc(Cl)cc(O)c1O.O=Cc1cc(Cl)cc(OCCCOCc2ccccc2)c1O.O=Cc1cc(Cl)cc(OCCCOCc2ccccc2)c1OS(=O)(=O)C(F)(F)F. The summed E-state index contributed by atoms with van der Waals surface area (Å²) in [6, 6.07) is 42.7. The molecule has 0 aromatic heterocycles. The molecule has 690 valence electrons. The number of ether oxygens (including phenoxy) is 7. The Kier molecular flexibility index (Phi) is 44.3. The molecular weight excluding hydrogens is 1850 g/mol. The number of aromatic hydroxyl groups is 4. The van der Waals surface area contributed by atoms with Crippen LogP contribution in [0.3, 0.4) is 0 Å². The molecule has 3 heterocycles. The molecule has 0 radical (unpaired) electrons. The number of alkyl halides is 4. The fourth-order valence-electron chi connectivity index (χ4n) is 10.9. The van der Waals surface area contributed by atoms with E-state index in [0.29, 0.717) is 116 Å². The van der Waals surface area contributed by atoms with Gasteiger partial charge in [-0.25, -0.2) is 0 Å². The van der Waals surface area contributed by atoms with Crippen molar-refractivity contribution < 1.29 is 131 Å². The van der Waals surface area contributed by atoms with Gasteiger partial charge in [0.25, 0.3) is 0 Å². The number of phenols is 4. The van der Waals surface area contributed by atoms with Crippen LogP contribution in [0, 0.1) is 0 Å². The van der Waals surface area contributed by atoms with E-state index in [1.807, 2.05) is 174 Å². The standard InChI is InChI=1S/C23H28BClO5.C18H16ClF3O6S.C17H17ClO4.C12H24B2O4.C8H7ClO3.C7H5ClO3.C4H9Br/c1-22(2)23(3,4)30-24(29-22)21-18(15-26)13-19(25)14-20(21)28-12-8-11-27-16-17-9-6-5-7-10-17;19-15-9-14(11-23)17(28-29(24,25)18(20,21)22)16(10-15)27-8-4-7-26-12-13-5-2-1-3-6-13;18-15-9-14(11-19)17(20)16(10-15)22-8-4-7-21-12-13-5-2-1-3-6-13;1-9(2)10(3,4)16-13(15-9)14-17-11(5,6)12(7,8)18-14;1-12-7-3-6(9)2-5(4-10)8(7)11;8-5-1-4(3-9)7(11)6(10)2-5;1-2-3-4-5/h5-7,9-10,13-15H,8,11-12,16H2,1-4H3;1-3,5-6,9-11H,4,7-8,12H2;1-3,5-6,9-11,20H,4,7-8,12H2;1-8H3;2-4,11H,1H3;1-3,10-11H;2-4H2,1H3. The Labute approximate surface area is 774 Å². The van der Waals surface area contributed by atoms with Gasteiger partial charge in [0.2, 0.25) is 0 Å². The third-order valence-electron chi connectivity index (χ3n) is 19.9. The summed E-state index contributed by atoms with van der Waals surface area (Å²) in [5.41, 5.74) is -4.27. The van der Waals surface area contributed by atoms with Crippen LogP contribution >= 0.6 is 73.9 Å². The second kappa shape index (κ2) is 51.4. The highest BCUT2D eigenvalue weighted by molar-refractivity contribution is 9.09. The van der Waals surface area contributed by atoms with Gasteiger partial charge in [-0.05, 0) is 143 Å². The lowest BCUT2D eigenvalue weighted by Gasteiger charge is -2.32. The summed E-state index contributed by atoms with van der Waals surface area (Å²) in [5.74, 6) is -1.60. The molecule has 127 heavy (non-hydrogen) atoms. The quantitative estimate of drug-likeness (QED) is 0.00564. The van der Waals surface area contributed by atoms with Crippen LogP contribution in [0.4, 0.5) is 13.2 Å². The van der Waals surface area contributed by atoms with Gasteiger partial charge in [-0.2, -0.15) is 21.6 Å². The van der Waals surface area contributed by atoms with E-state index in [0.717, 1.165) is 46.5 Å². The van der Waals surface area contributed by atoms with Gasteiger partial charge >= 0.3 is 36.8 Å². The van der Waals surface area contributed by atoms with Crippen molar-refractivity contribution in [3.63, 3.8) is 0 Å². The number of methoxy groups -OCH3 is 1. The number of phenolic OH excluding ortho intramolecular Hbond substituents is 4. The van der Waals surface area contributed by atoms with Gasteiger partial charge in [0.05, 0.1) is 122 Å². The van der Waals surface area contributed by atoms with E-state index in [-0.39, 0.29) is 97.4 Å². The number of aldehydes is 5. The Balaban J connectivity index is 0.000000275. The first-order valence-electron chi connectivity index (χ1n) is 39.8. The first kappa shape index (κ1) is 109. The minimum Gasteiger partial charge on any atom is -0.504 e. The molecule has 0 unspecified atom stereocenters. The fourth-order valence-corrected chi connectivity index (χ4v) is 13.0. The van der Waals surface area contributed by atoms with Crippen LogP contribution < -0.4 is 28.6 Å². The normalized spacial score (nSPS) is 15.2. The average Bonchev–Trinajstić information content (AvgIpc) is 1.59. The van der Waals surface area contributed by atoms with Crippen LogP contribution in [0.15, 0.2) is 152 Å². The van der Waals surface area contributed by atoms with Crippen LogP contribution in [-0.4, -0.2) is 173 Å². The van der Waals surface area contributed by atoms with Crippen molar-refractivity contribution in [2.75, 3.05) is 52.1 Å². The topological polar surface area (TPSA) is 330 Å². The lowest BCUT2D eigenvalue weighted by atomic mass is 9.49. The number of rotatable bonds is 33. The highest BCUT2D eigenvalue weighted by Gasteiger charge is 2.64. The Morgan fingerprint density at radius 1 is 0.409 bits per heavy atom. The minimum atomic E-state index is -6.00. The van der Waals surface area contributed by atoms with Crippen LogP contribution in [0.1, 0.15) is 191 Å². The third kappa shape index (κ3) is 33.9. The van der Waals surface area contributed by atoms with Crippen LogP contribution in [-0.2, 0) is 72.1 Å². The van der Waals surface area contributed by atoms with E-state index in [1.165, 1.54) is 50.3 Å². The molecule has 8 aromatic carbocycles. The molecule has 3 saturated heterocycles. The summed E-state index contributed by atoms with van der Waals surface area (Å²) in [5, 5.41) is 39.5. The van der Waals surface area contributed by atoms with Crippen molar-refractivity contribution in [1.82, 2.24) is 0 Å². The van der Waals surface area contributed by atoms with E-state index in [9.17, 15) is 55.8 Å². The molecule has 3 aliphatic rings. The summed E-state index contributed by atoms with van der Waals surface area (Å²) in [4.78, 5) is 54.2. The maximum Gasteiger partial charge on any atom is 0.534 e. The Hall–Kier alpha value is -8.19. The smallest absolute Gasteiger partial charge is 0.504 e. The summed E-state index contributed by atoms with van der Waals surface area (Å²) < 4.78 is 139.